The van der Waals surface area contributed by atoms with Gasteiger partial charge in [0.2, 0.25) is 5.78 Å². The minimum atomic E-state index is -6.09. The molecule has 0 fully saturated rings. The number of halogens is 4. The molecule has 0 saturated carbocycles. The zero-order valence-corrected chi connectivity index (χ0v) is 18.9. The van der Waals surface area contributed by atoms with Crippen LogP contribution in [0.25, 0.3) is 0 Å². The van der Waals surface area contributed by atoms with Gasteiger partial charge in [-0.15, -0.1) is 11.3 Å². The van der Waals surface area contributed by atoms with Crippen molar-refractivity contribution in [2.75, 3.05) is 0 Å². The molecule has 0 radical (unpaired) electrons. The minimum Gasteiger partial charge on any atom is -0.741 e. The predicted octanol–water partition coefficient (Wildman–Crippen LogP) is 1.94. The number of rotatable bonds is 4. The Balaban J connectivity index is 0.000000321. The molecule has 1 aromatic carbocycles. The molecule has 4 nitrogen and oxygen atoms in total. The van der Waals surface area contributed by atoms with E-state index < -0.39 is 15.6 Å². The van der Waals surface area contributed by atoms with Crippen molar-refractivity contribution in [2.24, 2.45) is 0 Å². The highest BCUT2D eigenvalue weighted by molar-refractivity contribution is 7.86. The lowest BCUT2D eigenvalue weighted by atomic mass is 9.97. The van der Waals surface area contributed by atoms with Gasteiger partial charge in [0.15, 0.2) is 17.3 Å². The van der Waals surface area contributed by atoms with Crippen LogP contribution in [-0.4, -0.2) is 24.3 Å². The summed E-state index contributed by atoms with van der Waals surface area (Å²) in [4.78, 5) is 13.6. The molecule has 1 heterocycles. The number of carbonyl (C=O) groups excluding carboxylic acids is 1. The van der Waals surface area contributed by atoms with Crippen LogP contribution in [0.15, 0.2) is 68.6 Å². The Labute approximate surface area is 181 Å². The van der Waals surface area contributed by atoms with Crippen molar-refractivity contribution in [1.82, 2.24) is 0 Å². The van der Waals surface area contributed by atoms with Gasteiger partial charge < -0.3 is 4.55 Å². The fourth-order valence-corrected chi connectivity index (χ4v) is 6.08. The molecular weight excluding hydrogens is 540 g/mol. The van der Waals surface area contributed by atoms with Gasteiger partial charge in [0.05, 0.1) is 10.5 Å². The lowest BCUT2D eigenvalue weighted by Crippen LogP contribution is -3.61. The molecule has 0 bridgehead atoms. The van der Waals surface area contributed by atoms with Gasteiger partial charge in [-0.05, 0) is 36.9 Å². The van der Waals surface area contributed by atoms with Crippen molar-refractivity contribution in [3.63, 3.8) is 0 Å². The van der Waals surface area contributed by atoms with E-state index in [2.05, 4.69) is 37.3 Å². The monoisotopic (exact) mass is 556 g/mol. The summed E-state index contributed by atoms with van der Waals surface area (Å²) in [5.41, 5.74) is -3.21. The Morgan fingerprint density at radius 2 is 1.76 bits per heavy atom. The topological polar surface area (TPSA) is 74.3 Å². The maximum Gasteiger partial charge on any atom is 0.485 e. The second-order valence-electron chi connectivity index (χ2n) is 5.91. The van der Waals surface area contributed by atoms with Crippen LogP contribution < -0.4 is 21.2 Å². The van der Waals surface area contributed by atoms with Gasteiger partial charge in [0.1, 0.15) is 0 Å². The number of benzene rings is 1. The number of hydrogen-bond acceptors (Lipinski definition) is 5. The quantitative estimate of drug-likeness (QED) is 0.190. The van der Waals surface area contributed by atoms with E-state index in [1.165, 1.54) is 12.7 Å². The van der Waals surface area contributed by atoms with Crippen LogP contribution in [0.5, 0.6) is 0 Å². The third kappa shape index (κ3) is 7.05. The van der Waals surface area contributed by atoms with Crippen molar-refractivity contribution >= 4 is 27.2 Å². The summed E-state index contributed by atoms with van der Waals surface area (Å²) in [5, 5.41) is 1.98. The summed E-state index contributed by atoms with van der Waals surface area (Å²) in [6, 6.07) is 14.5. The van der Waals surface area contributed by atoms with E-state index in [1.54, 1.807) is 11.3 Å². The van der Waals surface area contributed by atoms with Gasteiger partial charge in [-0.25, -0.2) is 8.42 Å². The normalized spacial score (nSPS) is 14.7. The first kappa shape index (κ1) is 23.8. The van der Waals surface area contributed by atoms with Crippen molar-refractivity contribution in [2.45, 2.75) is 25.3 Å². The van der Waals surface area contributed by atoms with E-state index in [1.807, 2.05) is 23.6 Å². The summed E-state index contributed by atoms with van der Waals surface area (Å²) < 4.78 is 61.7. The van der Waals surface area contributed by atoms with Crippen LogP contribution in [0.4, 0.5) is 13.2 Å². The smallest absolute Gasteiger partial charge is 0.485 e. The molecule has 0 atom stereocenters. The van der Waals surface area contributed by atoms with Crippen molar-refractivity contribution in [3.05, 3.63) is 77.1 Å². The molecule has 3 rings (SSSR count). The van der Waals surface area contributed by atoms with Crippen LogP contribution in [0.1, 0.15) is 29.4 Å². The summed E-state index contributed by atoms with van der Waals surface area (Å²) in [6.07, 6.45) is 3.97. The molecule has 0 spiro atoms. The summed E-state index contributed by atoms with van der Waals surface area (Å²) >= 11 is 1.29. The highest BCUT2D eigenvalue weighted by Crippen LogP contribution is 2.24. The lowest BCUT2D eigenvalue weighted by Gasteiger charge is -2.10. The first-order valence-corrected chi connectivity index (χ1v) is 12.6. The van der Waals surface area contributed by atoms with Crippen LogP contribution in [0.3, 0.4) is 0 Å². The van der Waals surface area contributed by atoms with E-state index in [0.29, 0.717) is 0 Å². The van der Waals surface area contributed by atoms with E-state index in [4.69, 9.17) is 13.0 Å². The lowest BCUT2D eigenvalue weighted by molar-refractivity contribution is -0.579. The minimum absolute atomic E-state index is 0.236. The van der Waals surface area contributed by atoms with E-state index in [0.717, 1.165) is 23.3 Å². The molecule has 0 N–H and O–H groups in total. The molecule has 10 heteroatoms. The number of thiophene rings is 1. The molecule has 1 aromatic heterocycles. The number of hydrogen-bond donors (Lipinski definition) is 0. The first-order chi connectivity index (χ1) is 13.5. The highest BCUT2D eigenvalue weighted by Gasteiger charge is 2.37. The number of ketones is 1. The van der Waals surface area contributed by atoms with E-state index in [-0.39, 0.29) is 27.0 Å². The van der Waals surface area contributed by atoms with Crippen LogP contribution in [0.2, 0.25) is 0 Å². The average molecular weight is 556 g/mol. The van der Waals surface area contributed by atoms with Gasteiger partial charge in [-0.2, -0.15) is 13.2 Å². The van der Waals surface area contributed by atoms with Crippen LogP contribution in [-0.2, 0) is 10.1 Å². The SMILES string of the molecule is CC1=CCC(C(=O)c2cccs2)=C([I+]c2ccccc2)C1.O=S(=O)([O-])C(F)(F)F. The molecule has 0 amide bonds. The molecule has 156 valence electrons. The Morgan fingerprint density at radius 3 is 2.28 bits per heavy atom. The third-order valence-electron chi connectivity index (χ3n) is 3.67. The van der Waals surface area contributed by atoms with E-state index >= 15 is 0 Å². The standard InChI is InChI=1S/C18H16IOS.CHF3O3S/c1-13-9-10-15(18(20)17-8-5-11-21-17)16(12-13)19-14-6-3-2-4-7-14;2-1(3,4)8(5,6)7/h2-9,11H,10,12H2,1H3;(H,5,6,7)/q+1;/p-1. The summed E-state index contributed by atoms with van der Waals surface area (Å²) in [6.45, 7) is 2.17. The van der Waals surface area contributed by atoms with E-state index in [9.17, 15) is 18.0 Å². The van der Waals surface area contributed by atoms with Gasteiger partial charge in [0.25, 0.3) is 0 Å². The van der Waals surface area contributed by atoms with Crippen LogP contribution in [0, 0.1) is 3.57 Å². The van der Waals surface area contributed by atoms with Crippen molar-refractivity contribution in [1.29, 1.82) is 0 Å². The summed E-state index contributed by atoms with van der Waals surface area (Å²) in [5.74, 6) is 0.236. The molecule has 0 saturated heterocycles. The molecule has 1 aliphatic carbocycles. The van der Waals surface area contributed by atoms with Gasteiger partial charge >= 0.3 is 26.7 Å². The third-order valence-corrected chi connectivity index (χ3v) is 8.14. The Hall–Kier alpha value is -1.50. The van der Waals surface area contributed by atoms with Crippen LogP contribution >= 0.6 is 11.3 Å². The second kappa shape index (κ2) is 10.0. The molecule has 29 heavy (non-hydrogen) atoms. The fourth-order valence-electron chi connectivity index (χ4n) is 2.28. The number of carbonyl (C=O) groups is 1. The first-order valence-electron chi connectivity index (χ1n) is 8.17. The zero-order chi connectivity index (χ0) is 21.7. The van der Waals surface area contributed by atoms with Gasteiger partial charge in [0, 0.05) is 6.42 Å². The number of allylic oxidation sites excluding steroid dienone is 4. The second-order valence-corrected chi connectivity index (χ2v) is 11.3. The fraction of sp³-hybridized carbons (Fsp3) is 0.211. The highest BCUT2D eigenvalue weighted by atomic mass is 127. The molecule has 0 unspecified atom stereocenters. The largest absolute Gasteiger partial charge is 0.741 e. The van der Waals surface area contributed by atoms with Crippen molar-refractivity contribution in [3.8, 4) is 0 Å². The maximum absolute atomic E-state index is 12.7. The average Bonchev–Trinajstić information content (AvgIpc) is 3.16. The van der Waals surface area contributed by atoms with Crippen molar-refractivity contribution < 1.29 is 52.1 Å². The molecule has 0 aliphatic heterocycles. The Bertz CT molecular complexity index is 1010. The Morgan fingerprint density at radius 1 is 1.14 bits per heavy atom. The zero-order valence-electron chi connectivity index (χ0n) is 15.1. The van der Waals surface area contributed by atoms with Gasteiger partial charge in [-0.1, -0.05) is 35.9 Å². The summed E-state index contributed by atoms with van der Waals surface area (Å²) in [7, 11) is -6.09. The molecule has 2 aromatic rings. The molecular formula is C19H16F3IO4S2. The van der Waals surface area contributed by atoms with Gasteiger partial charge in [-0.3, -0.25) is 4.79 Å². The number of alkyl halides is 3. The Kier molecular flexibility index (Phi) is 8.20. The number of Topliss-reactive ketones (excluding diaryl/α,β-unsaturated/α-hetero) is 1. The predicted molar refractivity (Wildman–Crippen MR) is 99.6 cm³/mol. The molecule has 1 aliphatic rings. The maximum atomic E-state index is 12.7.